The first-order valence-corrected chi connectivity index (χ1v) is 11.9. The summed E-state index contributed by atoms with van der Waals surface area (Å²) < 4.78 is 11.0. The quantitative estimate of drug-likeness (QED) is 0.586. The molecule has 2 aliphatic heterocycles. The zero-order valence-corrected chi connectivity index (χ0v) is 19.2. The fraction of sp³-hybridized carbons (Fsp3) is 0.167. The second kappa shape index (κ2) is 8.80. The number of nitrogens with one attached hydrogen (secondary N) is 1. The van der Waals surface area contributed by atoms with Crippen molar-refractivity contribution in [1.29, 1.82) is 0 Å². The molecule has 0 radical (unpaired) electrons. The van der Waals surface area contributed by atoms with Crippen LogP contribution in [0.4, 0.5) is 5.69 Å². The third kappa shape index (κ3) is 3.80. The van der Waals surface area contributed by atoms with Gasteiger partial charge in [-0.05, 0) is 36.4 Å². The number of aliphatic imine (C=N–C) groups is 1. The number of carbonyl (C=O) groups excluding carboxylic acids is 1. The van der Waals surface area contributed by atoms with Gasteiger partial charge in [0.1, 0.15) is 16.9 Å². The summed E-state index contributed by atoms with van der Waals surface area (Å²) in [5, 5.41) is 1.37. The van der Waals surface area contributed by atoms with Gasteiger partial charge in [-0.1, -0.05) is 42.1 Å². The largest absolute Gasteiger partial charge is 0.497 e. The molecular weight excluding hydrogens is 442 g/mol. The van der Waals surface area contributed by atoms with Crippen LogP contribution >= 0.6 is 23.5 Å². The zero-order valence-electron chi connectivity index (χ0n) is 17.6. The van der Waals surface area contributed by atoms with Gasteiger partial charge in [0, 0.05) is 20.9 Å². The normalized spacial score (nSPS) is 17.2. The molecule has 2 heterocycles. The Kier molecular flexibility index (Phi) is 5.71. The van der Waals surface area contributed by atoms with E-state index in [-0.39, 0.29) is 11.3 Å². The number of benzene rings is 3. The first-order valence-electron chi connectivity index (χ1n) is 10.0. The molecule has 1 fully saturated rings. The highest BCUT2D eigenvalue weighted by atomic mass is 32.2. The Labute approximate surface area is 195 Å². The van der Waals surface area contributed by atoms with Crippen LogP contribution in [0.5, 0.6) is 11.5 Å². The van der Waals surface area contributed by atoms with E-state index in [9.17, 15) is 4.79 Å². The number of hydrogen-bond acceptors (Lipinski definition) is 7. The maximum atomic E-state index is 12.9. The minimum absolute atomic E-state index is 0.0183. The highest BCUT2D eigenvalue weighted by Gasteiger charge is 2.36. The number of carbonyl (C=O) groups is 1. The van der Waals surface area contributed by atoms with Crippen molar-refractivity contribution in [2.45, 2.75) is 15.2 Å². The first kappa shape index (κ1) is 20.8. The number of ether oxygens (including phenoxy) is 2. The van der Waals surface area contributed by atoms with E-state index in [1.54, 1.807) is 31.0 Å². The minimum atomic E-state index is -0.284. The molecule has 5 rings (SSSR count). The molecule has 0 saturated carbocycles. The minimum Gasteiger partial charge on any atom is -0.497 e. The molecule has 1 N–H and O–H groups in total. The summed E-state index contributed by atoms with van der Waals surface area (Å²) in [7, 11) is 3.26. The molecule has 0 aliphatic carbocycles. The van der Waals surface area contributed by atoms with Crippen LogP contribution in [0.1, 0.15) is 16.5 Å². The molecule has 1 saturated heterocycles. The predicted molar refractivity (Wildman–Crippen MR) is 128 cm³/mol. The van der Waals surface area contributed by atoms with Crippen LogP contribution < -0.4 is 14.9 Å². The molecule has 6 nitrogen and oxygen atoms in total. The summed E-state index contributed by atoms with van der Waals surface area (Å²) in [5.41, 5.74) is 6.03. The van der Waals surface area contributed by atoms with Gasteiger partial charge in [-0.15, -0.1) is 11.8 Å². The third-order valence-corrected chi connectivity index (χ3v) is 7.59. The Morgan fingerprint density at radius 3 is 2.59 bits per heavy atom. The number of hydrogen-bond donors (Lipinski definition) is 1. The number of thioether (sulfide) groups is 1. The number of hydrazine groups is 1. The van der Waals surface area contributed by atoms with E-state index in [0.717, 1.165) is 26.6 Å². The van der Waals surface area contributed by atoms with E-state index in [1.807, 2.05) is 54.6 Å². The van der Waals surface area contributed by atoms with Crippen LogP contribution in [-0.4, -0.2) is 36.7 Å². The van der Waals surface area contributed by atoms with Gasteiger partial charge in [-0.25, -0.2) is 10.0 Å². The Bertz CT molecular complexity index is 1210. The van der Waals surface area contributed by atoms with Gasteiger partial charge in [0.25, 0.3) is 5.91 Å². The fourth-order valence-corrected chi connectivity index (χ4v) is 5.84. The summed E-state index contributed by atoms with van der Waals surface area (Å²) in [6.45, 7) is 0. The maximum absolute atomic E-state index is 12.9. The lowest BCUT2D eigenvalue weighted by atomic mass is 10.1. The van der Waals surface area contributed by atoms with Crippen molar-refractivity contribution in [2.24, 2.45) is 4.99 Å². The SMILES string of the molecule is COc1ccc(OC)c(C2SCC(=O)N2NC2=Nc3ccccc3Sc3ccccc32)c1. The third-order valence-electron chi connectivity index (χ3n) is 5.26. The second-order valence-corrected chi connectivity index (χ2v) is 9.33. The maximum Gasteiger partial charge on any atom is 0.252 e. The molecule has 32 heavy (non-hydrogen) atoms. The lowest BCUT2D eigenvalue weighted by Gasteiger charge is -2.27. The number of rotatable bonds is 4. The summed E-state index contributed by atoms with van der Waals surface area (Å²) in [5.74, 6) is 2.39. The molecule has 1 atom stereocenters. The Balaban J connectivity index is 1.56. The van der Waals surface area contributed by atoms with Crippen molar-refractivity contribution in [3.05, 3.63) is 77.9 Å². The van der Waals surface area contributed by atoms with E-state index in [1.165, 1.54) is 11.8 Å². The summed E-state index contributed by atoms with van der Waals surface area (Å²) in [4.78, 5) is 20.0. The Morgan fingerprint density at radius 2 is 1.78 bits per heavy atom. The number of para-hydroxylation sites is 1. The van der Waals surface area contributed by atoms with Crippen molar-refractivity contribution in [3.63, 3.8) is 0 Å². The van der Waals surface area contributed by atoms with E-state index >= 15 is 0 Å². The van der Waals surface area contributed by atoms with Gasteiger partial charge in [-0.2, -0.15) is 0 Å². The molecule has 8 heteroatoms. The molecule has 3 aromatic rings. The monoisotopic (exact) mass is 463 g/mol. The van der Waals surface area contributed by atoms with Crippen molar-refractivity contribution in [2.75, 3.05) is 20.0 Å². The van der Waals surface area contributed by atoms with Crippen molar-refractivity contribution in [3.8, 4) is 11.5 Å². The van der Waals surface area contributed by atoms with E-state index in [0.29, 0.717) is 23.1 Å². The summed E-state index contributed by atoms with van der Waals surface area (Å²) >= 11 is 3.21. The van der Waals surface area contributed by atoms with E-state index < -0.39 is 0 Å². The van der Waals surface area contributed by atoms with Crippen LogP contribution in [0.25, 0.3) is 0 Å². The summed E-state index contributed by atoms with van der Waals surface area (Å²) in [6, 6.07) is 21.7. The van der Waals surface area contributed by atoms with Crippen LogP contribution in [0.2, 0.25) is 0 Å². The lowest BCUT2D eigenvalue weighted by molar-refractivity contribution is -0.129. The highest BCUT2D eigenvalue weighted by molar-refractivity contribution is 8.00. The van der Waals surface area contributed by atoms with Crippen LogP contribution in [0, 0.1) is 0 Å². The molecule has 0 aromatic heterocycles. The van der Waals surface area contributed by atoms with Crippen LogP contribution in [-0.2, 0) is 4.79 Å². The number of amides is 1. The number of methoxy groups -OCH3 is 2. The molecule has 1 unspecified atom stereocenters. The van der Waals surface area contributed by atoms with Crippen molar-refractivity contribution in [1.82, 2.24) is 10.4 Å². The zero-order chi connectivity index (χ0) is 22.1. The predicted octanol–water partition coefficient (Wildman–Crippen LogP) is 5.03. The smallest absolute Gasteiger partial charge is 0.252 e. The summed E-state index contributed by atoms with van der Waals surface area (Å²) in [6.07, 6.45) is 0. The second-order valence-electron chi connectivity index (χ2n) is 7.17. The van der Waals surface area contributed by atoms with Gasteiger partial charge in [-0.3, -0.25) is 10.2 Å². The van der Waals surface area contributed by atoms with Gasteiger partial charge in [0.2, 0.25) is 0 Å². The van der Waals surface area contributed by atoms with Gasteiger partial charge >= 0.3 is 0 Å². The average molecular weight is 464 g/mol. The van der Waals surface area contributed by atoms with E-state index in [4.69, 9.17) is 14.5 Å². The molecule has 0 spiro atoms. The molecule has 1 amide bonds. The average Bonchev–Trinajstić information content (AvgIpc) is 3.10. The molecule has 162 valence electrons. The van der Waals surface area contributed by atoms with Crippen molar-refractivity contribution < 1.29 is 14.3 Å². The molecule has 0 bridgehead atoms. The fourth-order valence-electron chi connectivity index (χ4n) is 3.69. The standard InChI is InChI=1S/C24H21N3O3S2/c1-29-15-11-12-19(30-2)17(13-15)24-27(22(28)14-31-24)26-23-16-7-3-5-9-20(16)32-21-10-6-4-8-18(21)25-23/h3-13,24H,14H2,1-2H3,(H,25,26). The molecular formula is C24H21N3O3S2. The van der Waals surface area contributed by atoms with Crippen LogP contribution in [0.3, 0.4) is 0 Å². The topological polar surface area (TPSA) is 63.2 Å². The molecule has 2 aliphatic rings. The highest BCUT2D eigenvalue weighted by Crippen LogP contribution is 2.44. The van der Waals surface area contributed by atoms with Crippen molar-refractivity contribution >= 4 is 41.0 Å². The Morgan fingerprint density at radius 1 is 1.00 bits per heavy atom. The number of nitrogens with zero attached hydrogens (tertiary/aromatic N) is 2. The van der Waals surface area contributed by atoms with Gasteiger partial charge in [0.05, 0.1) is 25.7 Å². The van der Waals surface area contributed by atoms with E-state index in [2.05, 4.69) is 17.6 Å². The van der Waals surface area contributed by atoms with Crippen LogP contribution in [0.15, 0.2) is 81.5 Å². The number of amidine groups is 1. The first-order chi connectivity index (χ1) is 15.7. The van der Waals surface area contributed by atoms with Gasteiger partial charge < -0.3 is 9.47 Å². The molecule has 3 aromatic carbocycles. The number of fused-ring (bicyclic) bond motifs is 2. The van der Waals surface area contributed by atoms with Gasteiger partial charge in [0.15, 0.2) is 5.84 Å². The lowest BCUT2D eigenvalue weighted by Crippen LogP contribution is -2.45. The Hall–Kier alpha value is -3.10.